The largest absolute Gasteiger partial charge is 0.480 e. The molecule has 0 aliphatic carbocycles. The Balaban J connectivity index is 2.26. The zero-order valence-corrected chi connectivity index (χ0v) is 11.9. The van der Waals surface area contributed by atoms with E-state index in [4.69, 9.17) is 4.74 Å². The molecule has 1 aliphatic heterocycles. The van der Waals surface area contributed by atoms with Gasteiger partial charge < -0.3 is 14.7 Å². The Morgan fingerprint density at radius 3 is 2.63 bits per heavy atom. The van der Waals surface area contributed by atoms with E-state index in [1.807, 2.05) is 6.92 Å². The Bertz CT molecular complexity index is 514. The van der Waals surface area contributed by atoms with E-state index in [0.29, 0.717) is 23.5 Å². The van der Waals surface area contributed by atoms with Crippen molar-refractivity contribution < 1.29 is 19.4 Å². The molecule has 1 aliphatic rings. The number of carboxylic acids is 1. The van der Waals surface area contributed by atoms with E-state index in [2.05, 4.69) is 4.98 Å². The smallest absolute Gasteiger partial charge is 0.326 e. The first kappa shape index (κ1) is 14.0. The van der Waals surface area contributed by atoms with Gasteiger partial charge >= 0.3 is 5.97 Å². The Morgan fingerprint density at radius 1 is 1.47 bits per heavy atom. The Labute approximate surface area is 115 Å². The standard InChI is InChI=1S/C12H16N2O4S/c1-6-10(19-7(2)13-6)11(15)14-5-8(18-3)4-9(14)12(16)17/h8-9H,4-5H2,1-3H3,(H,16,17). The number of aliphatic carboxylic acids is 1. The quantitative estimate of drug-likeness (QED) is 0.898. The number of hydrogen-bond donors (Lipinski definition) is 1. The number of likely N-dealkylation sites (tertiary alicyclic amines) is 1. The number of carbonyl (C=O) groups excluding carboxylic acids is 1. The van der Waals surface area contributed by atoms with Crippen LogP contribution in [0.1, 0.15) is 26.8 Å². The third kappa shape index (κ3) is 2.62. The van der Waals surface area contributed by atoms with Crippen LogP contribution in [0.3, 0.4) is 0 Å². The number of ether oxygens (including phenoxy) is 1. The summed E-state index contributed by atoms with van der Waals surface area (Å²) in [7, 11) is 1.53. The van der Waals surface area contributed by atoms with Crippen molar-refractivity contribution in [3.05, 3.63) is 15.6 Å². The highest BCUT2D eigenvalue weighted by Gasteiger charge is 2.40. The van der Waals surface area contributed by atoms with Crippen LogP contribution >= 0.6 is 11.3 Å². The number of amides is 1. The van der Waals surface area contributed by atoms with Gasteiger partial charge in [0.25, 0.3) is 5.91 Å². The summed E-state index contributed by atoms with van der Waals surface area (Å²) in [6.45, 7) is 3.89. The number of carbonyl (C=O) groups is 2. The average molecular weight is 284 g/mol. The van der Waals surface area contributed by atoms with Crippen LogP contribution in [0.4, 0.5) is 0 Å². The van der Waals surface area contributed by atoms with Crippen LogP contribution in [-0.2, 0) is 9.53 Å². The maximum atomic E-state index is 12.4. The van der Waals surface area contributed by atoms with Crippen molar-refractivity contribution in [2.24, 2.45) is 0 Å². The molecule has 2 rings (SSSR count). The first-order valence-corrected chi connectivity index (χ1v) is 6.76. The molecule has 0 bridgehead atoms. The molecule has 1 aromatic heterocycles. The van der Waals surface area contributed by atoms with Crippen LogP contribution in [0.5, 0.6) is 0 Å². The minimum Gasteiger partial charge on any atom is -0.480 e. The highest BCUT2D eigenvalue weighted by atomic mass is 32.1. The van der Waals surface area contributed by atoms with Gasteiger partial charge in [-0.15, -0.1) is 11.3 Å². The Kier molecular flexibility index (Phi) is 3.86. The van der Waals surface area contributed by atoms with Gasteiger partial charge in [0.05, 0.1) is 16.8 Å². The van der Waals surface area contributed by atoms with Crippen molar-refractivity contribution in [1.29, 1.82) is 0 Å². The summed E-state index contributed by atoms with van der Waals surface area (Å²) >= 11 is 1.30. The summed E-state index contributed by atoms with van der Waals surface area (Å²) in [6.07, 6.45) is 0.105. The fourth-order valence-corrected chi connectivity index (χ4v) is 3.16. The molecule has 0 spiro atoms. The van der Waals surface area contributed by atoms with Gasteiger partial charge in [-0.25, -0.2) is 9.78 Å². The van der Waals surface area contributed by atoms with E-state index in [1.165, 1.54) is 23.3 Å². The molecule has 2 heterocycles. The molecule has 0 aromatic carbocycles. The number of carboxylic acid groups (broad SMARTS) is 1. The second-order valence-corrected chi connectivity index (χ2v) is 5.76. The van der Waals surface area contributed by atoms with Gasteiger partial charge in [-0.3, -0.25) is 4.79 Å². The zero-order chi connectivity index (χ0) is 14.2. The van der Waals surface area contributed by atoms with Gasteiger partial charge in [-0.05, 0) is 13.8 Å². The van der Waals surface area contributed by atoms with Crippen LogP contribution < -0.4 is 0 Å². The number of thiazole rings is 1. The molecular formula is C12H16N2O4S. The monoisotopic (exact) mass is 284 g/mol. The minimum atomic E-state index is -0.994. The van der Waals surface area contributed by atoms with Crippen LogP contribution in [0.2, 0.25) is 0 Å². The molecule has 19 heavy (non-hydrogen) atoms. The maximum Gasteiger partial charge on any atom is 0.326 e. The molecule has 0 radical (unpaired) electrons. The number of aryl methyl sites for hydroxylation is 2. The summed E-state index contributed by atoms with van der Waals surface area (Å²) in [5.41, 5.74) is 0.650. The fourth-order valence-electron chi connectivity index (χ4n) is 2.29. The molecule has 1 fully saturated rings. The van der Waals surface area contributed by atoms with Crippen LogP contribution in [-0.4, -0.2) is 52.7 Å². The second-order valence-electron chi connectivity index (χ2n) is 4.55. The average Bonchev–Trinajstić information content (AvgIpc) is 2.91. The van der Waals surface area contributed by atoms with Crippen LogP contribution in [0.15, 0.2) is 0 Å². The first-order valence-electron chi connectivity index (χ1n) is 5.94. The van der Waals surface area contributed by atoms with E-state index >= 15 is 0 Å². The number of hydrogen-bond acceptors (Lipinski definition) is 5. The number of methoxy groups -OCH3 is 1. The summed E-state index contributed by atoms with van der Waals surface area (Å²) in [4.78, 5) is 29.8. The van der Waals surface area contributed by atoms with E-state index < -0.39 is 12.0 Å². The van der Waals surface area contributed by atoms with E-state index in [0.717, 1.165) is 5.01 Å². The van der Waals surface area contributed by atoms with Crippen LogP contribution in [0, 0.1) is 13.8 Å². The third-order valence-corrected chi connectivity index (χ3v) is 4.30. The van der Waals surface area contributed by atoms with E-state index in [1.54, 1.807) is 6.92 Å². The highest BCUT2D eigenvalue weighted by molar-refractivity contribution is 7.13. The normalized spacial score (nSPS) is 22.8. The zero-order valence-electron chi connectivity index (χ0n) is 11.0. The van der Waals surface area contributed by atoms with Crippen molar-refractivity contribution in [2.75, 3.05) is 13.7 Å². The van der Waals surface area contributed by atoms with Crippen molar-refractivity contribution in [1.82, 2.24) is 9.88 Å². The molecule has 1 amide bonds. The second kappa shape index (κ2) is 5.26. The lowest BCUT2D eigenvalue weighted by molar-refractivity contribution is -0.141. The topological polar surface area (TPSA) is 79.7 Å². The summed E-state index contributed by atoms with van der Waals surface area (Å²) in [6, 6.07) is -0.820. The van der Waals surface area contributed by atoms with Crippen molar-refractivity contribution in [3.63, 3.8) is 0 Å². The molecule has 1 N–H and O–H groups in total. The maximum absolute atomic E-state index is 12.4. The van der Waals surface area contributed by atoms with Gasteiger partial charge in [0.15, 0.2) is 0 Å². The van der Waals surface area contributed by atoms with E-state index in [-0.39, 0.29) is 12.0 Å². The van der Waals surface area contributed by atoms with Crippen molar-refractivity contribution in [2.45, 2.75) is 32.4 Å². The van der Waals surface area contributed by atoms with Gasteiger partial charge in [0.2, 0.25) is 0 Å². The molecule has 6 nitrogen and oxygen atoms in total. The molecule has 7 heteroatoms. The Morgan fingerprint density at radius 2 is 2.16 bits per heavy atom. The predicted octanol–water partition coefficient (Wildman–Crippen LogP) is 1.07. The van der Waals surface area contributed by atoms with Crippen molar-refractivity contribution in [3.8, 4) is 0 Å². The van der Waals surface area contributed by atoms with E-state index in [9.17, 15) is 14.7 Å². The lowest BCUT2D eigenvalue weighted by atomic mass is 10.2. The lowest BCUT2D eigenvalue weighted by Gasteiger charge is -2.20. The third-order valence-electron chi connectivity index (χ3n) is 3.24. The number of aromatic nitrogens is 1. The predicted molar refractivity (Wildman–Crippen MR) is 69.5 cm³/mol. The fraction of sp³-hybridized carbons (Fsp3) is 0.583. The molecule has 1 aromatic rings. The number of nitrogens with zero attached hydrogens (tertiary/aromatic N) is 2. The molecule has 2 atom stereocenters. The van der Waals surface area contributed by atoms with Crippen LogP contribution in [0.25, 0.3) is 0 Å². The Hall–Kier alpha value is -1.47. The molecule has 1 saturated heterocycles. The number of rotatable bonds is 3. The van der Waals surface area contributed by atoms with Gasteiger partial charge in [0, 0.05) is 20.1 Å². The van der Waals surface area contributed by atoms with Gasteiger partial charge in [0.1, 0.15) is 10.9 Å². The highest BCUT2D eigenvalue weighted by Crippen LogP contribution is 2.26. The molecule has 0 saturated carbocycles. The lowest BCUT2D eigenvalue weighted by Crippen LogP contribution is -2.40. The summed E-state index contributed by atoms with van der Waals surface area (Å²) in [5, 5.41) is 10.0. The van der Waals surface area contributed by atoms with Crippen molar-refractivity contribution >= 4 is 23.2 Å². The van der Waals surface area contributed by atoms with Gasteiger partial charge in [-0.1, -0.05) is 0 Å². The molecule has 2 unspecified atom stereocenters. The molecule has 104 valence electrons. The van der Waals surface area contributed by atoms with Gasteiger partial charge in [-0.2, -0.15) is 0 Å². The first-order chi connectivity index (χ1) is 8.93. The minimum absolute atomic E-state index is 0.223. The molecular weight excluding hydrogens is 268 g/mol. The summed E-state index contributed by atoms with van der Waals surface area (Å²) < 4.78 is 5.17. The summed E-state index contributed by atoms with van der Waals surface area (Å²) in [5.74, 6) is -1.26. The SMILES string of the molecule is COC1CC(C(=O)O)N(C(=O)c2sc(C)nc2C)C1.